The van der Waals surface area contributed by atoms with Crippen LogP contribution in [0, 0.1) is 5.92 Å². The van der Waals surface area contributed by atoms with E-state index in [1.54, 1.807) is 0 Å². The van der Waals surface area contributed by atoms with Crippen molar-refractivity contribution in [3.05, 3.63) is 42.5 Å². The molecule has 0 saturated carbocycles. The van der Waals surface area contributed by atoms with E-state index in [0.717, 1.165) is 90.0 Å². The summed E-state index contributed by atoms with van der Waals surface area (Å²) in [5, 5.41) is 8.94. The Bertz CT molecular complexity index is 879. The smallest absolute Gasteiger partial charge is 0.227 e. The molecule has 0 radical (unpaired) electrons. The highest BCUT2D eigenvalue weighted by atomic mass is 16.5. The number of morpholine rings is 1. The topological polar surface area (TPSA) is 65.0 Å². The Labute approximate surface area is 189 Å². The van der Waals surface area contributed by atoms with E-state index in [1.807, 2.05) is 18.2 Å². The van der Waals surface area contributed by atoms with Gasteiger partial charge in [0.1, 0.15) is 0 Å². The van der Waals surface area contributed by atoms with Gasteiger partial charge in [-0.1, -0.05) is 18.2 Å². The Kier molecular flexibility index (Phi) is 6.39. The average molecular weight is 437 g/mol. The van der Waals surface area contributed by atoms with Crippen LogP contribution in [-0.2, 0) is 9.53 Å². The fourth-order valence-electron chi connectivity index (χ4n) is 4.92. The summed E-state index contributed by atoms with van der Waals surface area (Å²) in [6.07, 6.45) is 1.96. The lowest BCUT2D eigenvalue weighted by atomic mass is 9.96. The second-order valence-corrected chi connectivity index (χ2v) is 8.78. The van der Waals surface area contributed by atoms with Crippen LogP contribution in [0.3, 0.4) is 0 Å². The highest BCUT2D eigenvalue weighted by molar-refractivity contribution is 5.80. The third-order valence-electron chi connectivity index (χ3n) is 6.78. The summed E-state index contributed by atoms with van der Waals surface area (Å²) in [6.45, 7) is 8.19. The van der Waals surface area contributed by atoms with Crippen molar-refractivity contribution in [3.8, 4) is 0 Å². The molecule has 2 aromatic rings. The van der Waals surface area contributed by atoms with Gasteiger partial charge in [0.25, 0.3) is 0 Å². The van der Waals surface area contributed by atoms with Crippen molar-refractivity contribution in [1.82, 2.24) is 15.1 Å². The van der Waals surface area contributed by atoms with E-state index in [0.29, 0.717) is 5.91 Å². The number of amides is 1. The number of piperidine rings is 1. The number of piperazine rings is 1. The van der Waals surface area contributed by atoms with Gasteiger partial charge in [0.15, 0.2) is 11.6 Å². The number of hydrogen-bond donors (Lipinski definition) is 0. The van der Waals surface area contributed by atoms with Crippen molar-refractivity contribution >= 4 is 23.2 Å². The van der Waals surface area contributed by atoms with Crippen LogP contribution in [0.15, 0.2) is 42.5 Å². The van der Waals surface area contributed by atoms with Gasteiger partial charge in [-0.2, -0.15) is 0 Å². The predicted molar refractivity (Wildman–Crippen MR) is 125 cm³/mol. The SMILES string of the molecule is O=C([C@@H]1CCCN(c2ccc(N3CCOCC3)nn2)C1)N1CCN(c2ccccc2)CC1. The molecule has 0 spiro atoms. The molecular formula is C24H32N6O2. The second-order valence-electron chi connectivity index (χ2n) is 8.78. The van der Waals surface area contributed by atoms with Crippen LogP contribution in [0.2, 0.25) is 0 Å². The predicted octanol–water partition coefficient (Wildman–Crippen LogP) is 1.88. The minimum atomic E-state index is 0.0349. The van der Waals surface area contributed by atoms with Crippen LogP contribution in [0.25, 0.3) is 0 Å². The molecule has 170 valence electrons. The van der Waals surface area contributed by atoms with Gasteiger partial charge in [-0.15, -0.1) is 10.2 Å². The standard InChI is InChI=1S/C24H32N6O2/c31-24(29-13-11-27(12-14-29)21-6-2-1-3-7-21)20-5-4-10-30(19-20)23-9-8-22(25-26-23)28-15-17-32-18-16-28/h1-3,6-9,20H,4-5,10-19H2/t20-/m1/s1. The molecule has 8 nitrogen and oxygen atoms in total. The van der Waals surface area contributed by atoms with E-state index < -0.39 is 0 Å². The number of para-hydroxylation sites is 1. The molecule has 3 aliphatic heterocycles. The second kappa shape index (κ2) is 9.73. The Balaban J connectivity index is 1.16. The van der Waals surface area contributed by atoms with Crippen molar-refractivity contribution in [2.24, 2.45) is 5.92 Å². The van der Waals surface area contributed by atoms with Crippen molar-refractivity contribution in [2.45, 2.75) is 12.8 Å². The third kappa shape index (κ3) is 4.65. The van der Waals surface area contributed by atoms with Gasteiger partial charge in [0.2, 0.25) is 5.91 Å². The molecule has 0 N–H and O–H groups in total. The van der Waals surface area contributed by atoms with Gasteiger partial charge in [0.05, 0.1) is 19.1 Å². The van der Waals surface area contributed by atoms with Crippen LogP contribution in [0.1, 0.15) is 12.8 Å². The summed E-state index contributed by atoms with van der Waals surface area (Å²) in [7, 11) is 0. The van der Waals surface area contributed by atoms with E-state index in [9.17, 15) is 4.79 Å². The molecule has 1 atom stereocenters. The highest BCUT2D eigenvalue weighted by Gasteiger charge is 2.31. The number of rotatable bonds is 4. The summed E-state index contributed by atoms with van der Waals surface area (Å²) < 4.78 is 5.42. The molecule has 32 heavy (non-hydrogen) atoms. The van der Waals surface area contributed by atoms with Crippen LogP contribution < -0.4 is 14.7 Å². The summed E-state index contributed by atoms with van der Waals surface area (Å²) in [5.74, 6) is 2.10. The summed E-state index contributed by atoms with van der Waals surface area (Å²) in [6, 6.07) is 14.5. The molecule has 1 aromatic carbocycles. The molecule has 0 unspecified atom stereocenters. The number of hydrogen-bond acceptors (Lipinski definition) is 7. The van der Waals surface area contributed by atoms with Gasteiger partial charge in [-0.3, -0.25) is 4.79 Å². The minimum Gasteiger partial charge on any atom is -0.378 e. The van der Waals surface area contributed by atoms with E-state index in [4.69, 9.17) is 4.74 Å². The van der Waals surface area contributed by atoms with Gasteiger partial charge >= 0.3 is 0 Å². The maximum Gasteiger partial charge on any atom is 0.227 e. The molecule has 8 heteroatoms. The zero-order chi connectivity index (χ0) is 21.8. The fourth-order valence-corrected chi connectivity index (χ4v) is 4.92. The summed E-state index contributed by atoms with van der Waals surface area (Å²) >= 11 is 0. The van der Waals surface area contributed by atoms with Crippen molar-refractivity contribution < 1.29 is 9.53 Å². The Morgan fingerprint density at radius 2 is 1.47 bits per heavy atom. The molecule has 1 aromatic heterocycles. The number of aromatic nitrogens is 2. The zero-order valence-corrected chi connectivity index (χ0v) is 18.6. The van der Waals surface area contributed by atoms with Crippen LogP contribution in [-0.4, -0.2) is 86.6 Å². The van der Waals surface area contributed by atoms with Crippen LogP contribution >= 0.6 is 0 Å². The number of benzene rings is 1. The van der Waals surface area contributed by atoms with Crippen molar-refractivity contribution in [3.63, 3.8) is 0 Å². The van der Waals surface area contributed by atoms with E-state index in [2.05, 4.69) is 54.1 Å². The number of carbonyl (C=O) groups excluding carboxylic acids is 1. The lowest BCUT2D eigenvalue weighted by molar-refractivity contribution is -0.136. The number of anilines is 3. The first-order valence-corrected chi connectivity index (χ1v) is 11.8. The maximum absolute atomic E-state index is 13.3. The van der Waals surface area contributed by atoms with E-state index >= 15 is 0 Å². The first-order valence-electron chi connectivity index (χ1n) is 11.8. The Morgan fingerprint density at radius 1 is 0.781 bits per heavy atom. The number of nitrogens with zero attached hydrogens (tertiary/aromatic N) is 6. The molecule has 5 rings (SSSR count). The summed E-state index contributed by atoms with van der Waals surface area (Å²) in [5.41, 5.74) is 1.24. The first-order chi connectivity index (χ1) is 15.8. The first kappa shape index (κ1) is 21.0. The molecule has 4 heterocycles. The molecular weight excluding hydrogens is 404 g/mol. The monoisotopic (exact) mass is 436 g/mol. The highest BCUT2D eigenvalue weighted by Crippen LogP contribution is 2.25. The maximum atomic E-state index is 13.3. The van der Waals surface area contributed by atoms with Crippen molar-refractivity contribution in [1.29, 1.82) is 0 Å². The fraction of sp³-hybridized carbons (Fsp3) is 0.542. The normalized spacial score (nSPS) is 22.2. The third-order valence-corrected chi connectivity index (χ3v) is 6.78. The van der Waals surface area contributed by atoms with Crippen molar-refractivity contribution in [2.75, 3.05) is 80.3 Å². The molecule has 3 fully saturated rings. The zero-order valence-electron chi connectivity index (χ0n) is 18.6. The van der Waals surface area contributed by atoms with Gasteiger partial charge in [-0.05, 0) is 37.1 Å². The quantitative estimate of drug-likeness (QED) is 0.725. The van der Waals surface area contributed by atoms with Gasteiger partial charge < -0.3 is 24.3 Å². The molecule has 0 bridgehead atoms. The summed E-state index contributed by atoms with van der Waals surface area (Å²) in [4.78, 5) is 22.1. The Hall–Kier alpha value is -2.87. The molecule has 0 aliphatic carbocycles. The average Bonchev–Trinajstić information content (AvgIpc) is 2.89. The van der Waals surface area contributed by atoms with Crippen LogP contribution in [0.4, 0.5) is 17.3 Å². The minimum absolute atomic E-state index is 0.0349. The Morgan fingerprint density at radius 3 is 2.16 bits per heavy atom. The molecule has 1 amide bonds. The lowest BCUT2D eigenvalue weighted by Gasteiger charge is -2.40. The molecule has 3 saturated heterocycles. The van der Waals surface area contributed by atoms with E-state index in [1.165, 1.54) is 5.69 Å². The largest absolute Gasteiger partial charge is 0.378 e. The number of ether oxygens (including phenoxy) is 1. The van der Waals surface area contributed by atoms with Gasteiger partial charge in [-0.25, -0.2) is 0 Å². The lowest BCUT2D eigenvalue weighted by Crippen LogP contribution is -2.52. The van der Waals surface area contributed by atoms with Crippen LogP contribution in [0.5, 0.6) is 0 Å². The van der Waals surface area contributed by atoms with Gasteiger partial charge in [0, 0.05) is 58.0 Å². The van der Waals surface area contributed by atoms with E-state index in [-0.39, 0.29) is 5.92 Å². The molecule has 3 aliphatic rings. The number of carbonyl (C=O) groups is 1.